The van der Waals surface area contributed by atoms with Crippen LogP contribution in [0.25, 0.3) is 11.2 Å². The number of nitrogen functional groups attached to an aromatic ring is 1. The van der Waals surface area contributed by atoms with Crippen molar-refractivity contribution in [2.45, 2.75) is 78.4 Å². The molecule has 3 heterocycles. The van der Waals surface area contributed by atoms with Crippen molar-refractivity contribution in [3.63, 3.8) is 0 Å². The van der Waals surface area contributed by atoms with Gasteiger partial charge in [0.25, 0.3) is 5.56 Å². The fourth-order valence-corrected chi connectivity index (χ4v) is 4.76. The number of phosphoric acid groups is 1. The van der Waals surface area contributed by atoms with Crippen LogP contribution in [0.3, 0.4) is 0 Å². The van der Waals surface area contributed by atoms with Gasteiger partial charge in [-0.15, -0.1) is 0 Å². The molecule has 4 atom stereocenters. The molecule has 1 saturated heterocycles. The Morgan fingerprint density at radius 1 is 1.37 bits per heavy atom. The van der Waals surface area contributed by atoms with Gasteiger partial charge in [-0.25, -0.2) is 9.55 Å². The molecular formula is C18H30N5O6P. The van der Waals surface area contributed by atoms with Gasteiger partial charge in [0, 0.05) is 6.42 Å². The molecule has 1 aliphatic heterocycles. The molecule has 0 aliphatic carbocycles. The molecule has 0 saturated carbocycles. The normalized spacial score (nSPS) is 25.0. The smallest absolute Gasteiger partial charge is 0.369 e. The molecule has 0 aromatic carbocycles. The van der Waals surface area contributed by atoms with Gasteiger partial charge in [-0.3, -0.25) is 23.4 Å². The maximum absolute atomic E-state index is 12.6. The number of aromatic amines is 1. The summed E-state index contributed by atoms with van der Waals surface area (Å²) in [6, 6.07) is 0. The lowest BCUT2D eigenvalue weighted by atomic mass is 9.87. The number of hydrogen-bond donors (Lipinski definition) is 3. The average Bonchev–Trinajstić information content (AvgIpc) is 3.07. The molecule has 168 valence electrons. The van der Waals surface area contributed by atoms with E-state index in [9.17, 15) is 14.3 Å². The molecule has 1 aliphatic rings. The minimum atomic E-state index is -4.33. The van der Waals surface area contributed by atoms with Crippen molar-refractivity contribution >= 4 is 24.9 Å². The van der Waals surface area contributed by atoms with E-state index in [0.29, 0.717) is 6.42 Å². The number of aromatic nitrogens is 4. The van der Waals surface area contributed by atoms with Crippen LogP contribution < -0.4 is 11.3 Å². The summed E-state index contributed by atoms with van der Waals surface area (Å²) < 4.78 is 31.1. The van der Waals surface area contributed by atoms with E-state index >= 15 is 0 Å². The number of H-pyrrole nitrogens is 1. The topological polar surface area (TPSA) is 155 Å². The second-order valence-corrected chi connectivity index (χ2v) is 11.1. The zero-order valence-corrected chi connectivity index (χ0v) is 19.0. The third-order valence-corrected chi connectivity index (χ3v) is 5.73. The standard InChI is InChI=1S/C18H30N5O6P/c1-17(2,3)8-11-10(28-30(25,26)29-18(4,5)6)7-12(27-11)23-9-20-13-14(23)21-16(19)22-15(13)24/h9-12H,7-8H2,1-6H3,(H,25,26)(H3,19,21,22,24)/t10-,11-,12-/m1/s1. The highest BCUT2D eigenvalue weighted by Crippen LogP contribution is 2.52. The minimum Gasteiger partial charge on any atom is -0.369 e. The zero-order chi connectivity index (χ0) is 22.5. The highest BCUT2D eigenvalue weighted by atomic mass is 31.2. The minimum absolute atomic E-state index is 0.0373. The Morgan fingerprint density at radius 2 is 2.03 bits per heavy atom. The van der Waals surface area contributed by atoms with Gasteiger partial charge in [-0.05, 0) is 32.6 Å². The van der Waals surface area contributed by atoms with E-state index in [-0.39, 0.29) is 28.9 Å². The van der Waals surface area contributed by atoms with E-state index in [4.69, 9.17) is 19.5 Å². The highest BCUT2D eigenvalue weighted by molar-refractivity contribution is 7.47. The first-order valence-electron chi connectivity index (χ1n) is 9.73. The summed E-state index contributed by atoms with van der Waals surface area (Å²) >= 11 is 0. The van der Waals surface area contributed by atoms with Gasteiger partial charge in [-0.2, -0.15) is 4.98 Å². The summed E-state index contributed by atoms with van der Waals surface area (Å²) in [7, 11) is -4.33. The number of hydrogen-bond acceptors (Lipinski definition) is 8. The van der Waals surface area contributed by atoms with Gasteiger partial charge in [0.15, 0.2) is 11.2 Å². The van der Waals surface area contributed by atoms with Crippen LogP contribution in [0.4, 0.5) is 5.95 Å². The van der Waals surface area contributed by atoms with Crippen LogP contribution in [-0.2, 0) is 18.3 Å². The van der Waals surface area contributed by atoms with Gasteiger partial charge in [0.2, 0.25) is 5.95 Å². The van der Waals surface area contributed by atoms with Crippen LogP contribution in [-0.4, -0.2) is 42.2 Å². The average molecular weight is 443 g/mol. The number of ether oxygens (including phenoxy) is 1. The second kappa shape index (κ2) is 7.72. The third kappa shape index (κ3) is 5.47. The maximum Gasteiger partial charge on any atom is 0.473 e. The molecule has 0 bridgehead atoms. The van der Waals surface area contributed by atoms with Crippen LogP contribution in [0.2, 0.25) is 0 Å². The molecule has 0 amide bonds. The fraction of sp³-hybridized carbons (Fsp3) is 0.722. The second-order valence-electron chi connectivity index (χ2n) is 9.72. The summed E-state index contributed by atoms with van der Waals surface area (Å²) in [5, 5.41) is 0. The Morgan fingerprint density at radius 3 is 2.63 bits per heavy atom. The number of imidazole rings is 1. The van der Waals surface area contributed by atoms with E-state index in [2.05, 4.69) is 15.0 Å². The number of fused-ring (bicyclic) bond motifs is 1. The Labute approximate surface area is 174 Å². The van der Waals surface area contributed by atoms with Crippen LogP contribution in [0.5, 0.6) is 0 Å². The number of nitrogens with two attached hydrogens (primary N) is 1. The number of anilines is 1. The Bertz CT molecular complexity index is 1020. The maximum atomic E-state index is 12.6. The Hall–Kier alpha value is -1.78. The zero-order valence-electron chi connectivity index (χ0n) is 18.1. The highest BCUT2D eigenvalue weighted by Gasteiger charge is 2.44. The molecule has 12 heteroatoms. The van der Waals surface area contributed by atoms with Crippen molar-refractivity contribution in [1.29, 1.82) is 0 Å². The molecule has 4 N–H and O–H groups in total. The largest absolute Gasteiger partial charge is 0.473 e. The molecular weight excluding hydrogens is 413 g/mol. The van der Waals surface area contributed by atoms with E-state index in [1.54, 1.807) is 25.3 Å². The van der Waals surface area contributed by atoms with Crippen molar-refractivity contribution in [3.05, 3.63) is 16.7 Å². The first-order valence-corrected chi connectivity index (χ1v) is 11.2. The van der Waals surface area contributed by atoms with Gasteiger partial charge < -0.3 is 15.4 Å². The molecule has 0 spiro atoms. The van der Waals surface area contributed by atoms with E-state index in [0.717, 1.165) is 0 Å². The molecule has 2 aromatic heterocycles. The molecule has 0 radical (unpaired) electrons. The lowest BCUT2D eigenvalue weighted by molar-refractivity contribution is -0.0402. The van der Waals surface area contributed by atoms with Crippen LogP contribution in [0.1, 0.15) is 60.6 Å². The number of rotatable bonds is 5. The predicted octanol–water partition coefficient (Wildman–Crippen LogP) is 2.73. The SMILES string of the molecule is CC(C)(C)C[C@H]1O[C@@H](n2cnc3c(=O)[nH]c(N)nc32)C[C@H]1OP(=O)(O)OC(C)(C)C. The van der Waals surface area contributed by atoms with Crippen molar-refractivity contribution < 1.29 is 23.2 Å². The monoisotopic (exact) mass is 443 g/mol. The number of nitrogens with zero attached hydrogens (tertiary/aromatic N) is 3. The number of nitrogens with one attached hydrogen (secondary N) is 1. The van der Waals surface area contributed by atoms with Crippen LogP contribution in [0, 0.1) is 5.41 Å². The van der Waals surface area contributed by atoms with Gasteiger partial charge in [0.1, 0.15) is 6.23 Å². The molecule has 11 nitrogen and oxygen atoms in total. The van der Waals surface area contributed by atoms with E-state index in [1.807, 2.05) is 20.8 Å². The summed E-state index contributed by atoms with van der Waals surface area (Å²) in [6.45, 7) is 11.1. The lowest BCUT2D eigenvalue weighted by Gasteiger charge is -2.29. The summed E-state index contributed by atoms with van der Waals surface area (Å²) in [5.74, 6) is -0.0373. The van der Waals surface area contributed by atoms with E-state index < -0.39 is 37.4 Å². The van der Waals surface area contributed by atoms with Gasteiger partial charge in [0.05, 0.1) is 24.1 Å². The van der Waals surface area contributed by atoms with Crippen molar-refractivity contribution in [3.8, 4) is 0 Å². The third-order valence-electron chi connectivity index (χ3n) is 4.41. The summed E-state index contributed by atoms with van der Waals surface area (Å²) in [5.41, 5.74) is 4.65. The van der Waals surface area contributed by atoms with Gasteiger partial charge >= 0.3 is 7.82 Å². The molecule has 1 fully saturated rings. The molecule has 3 rings (SSSR count). The first kappa shape index (κ1) is 22.9. The predicted molar refractivity (Wildman–Crippen MR) is 111 cm³/mol. The Balaban J connectivity index is 1.90. The summed E-state index contributed by atoms with van der Waals surface area (Å²) in [6.07, 6.45) is 0.485. The quantitative estimate of drug-likeness (QED) is 0.592. The Kier molecular flexibility index (Phi) is 5.90. The fourth-order valence-electron chi connectivity index (χ4n) is 3.46. The van der Waals surface area contributed by atoms with Gasteiger partial charge in [-0.1, -0.05) is 20.8 Å². The van der Waals surface area contributed by atoms with Crippen molar-refractivity contribution in [2.24, 2.45) is 5.41 Å². The van der Waals surface area contributed by atoms with Crippen molar-refractivity contribution in [2.75, 3.05) is 5.73 Å². The molecule has 30 heavy (non-hydrogen) atoms. The van der Waals surface area contributed by atoms with E-state index in [1.165, 1.54) is 6.33 Å². The number of phosphoric ester groups is 1. The molecule has 1 unspecified atom stereocenters. The van der Waals surface area contributed by atoms with Crippen molar-refractivity contribution in [1.82, 2.24) is 19.5 Å². The van der Waals surface area contributed by atoms with Crippen LogP contribution in [0.15, 0.2) is 11.1 Å². The first-order chi connectivity index (χ1) is 13.6. The van der Waals surface area contributed by atoms with Crippen LogP contribution >= 0.6 is 7.82 Å². The lowest BCUT2D eigenvalue weighted by Crippen LogP contribution is -2.29. The molecule has 2 aromatic rings. The summed E-state index contributed by atoms with van der Waals surface area (Å²) in [4.78, 5) is 33.0.